The lowest BCUT2D eigenvalue weighted by molar-refractivity contribution is 0.278. The predicted octanol–water partition coefficient (Wildman–Crippen LogP) is 3.84. The Bertz CT molecular complexity index is 295. The number of hydrogen-bond donors (Lipinski definition) is 1. The Hall–Kier alpha value is 0.01000. The van der Waals surface area contributed by atoms with Crippen LogP contribution in [0.25, 0.3) is 0 Å². The molecule has 1 aromatic carbocycles. The highest BCUT2D eigenvalue weighted by Gasteiger charge is 2.08. The molecule has 0 radical (unpaired) electrons. The van der Waals surface area contributed by atoms with Crippen molar-refractivity contribution in [2.45, 2.75) is 19.9 Å². The molecule has 3 heteroatoms. The summed E-state index contributed by atoms with van der Waals surface area (Å²) in [6.45, 7) is 4.36. The second-order valence-corrected chi connectivity index (χ2v) is 5.56. The third-order valence-corrected chi connectivity index (χ3v) is 3.82. The first kappa shape index (κ1) is 14.1. The molecule has 0 aromatic heterocycles. The van der Waals surface area contributed by atoms with Gasteiger partial charge in [-0.1, -0.05) is 41.4 Å². The van der Waals surface area contributed by atoms with Gasteiger partial charge in [-0.3, -0.25) is 0 Å². The van der Waals surface area contributed by atoms with E-state index >= 15 is 0 Å². The lowest BCUT2D eigenvalue weighted by Gasteiger charge is -2.22. The van der Waals surface area contributed by atoms with Crippen LogP contribution < -0.4 is 0 Å². The molecule has 16 heavy (non-hydrogen) atoms. The molecule has 0 fully saturated rings. The highest BCUT2D eigenvalue weighted by atomic mass is 79.9. The summed E-state index contributed by atoms with van der Waals surface area (Å²) in [6, 6.07) is 8.53. The molecule has 0 aliphatic carbocycles. The average molecular weight is 302 g/mol. The van der Waals surface area contributed by atoms with Gasteiger partial charge in [0.25, 0.3) is 0 Å². The van der Waals surface area contributed by atoms with E-state index in [9.17, 15) is 0 Å². The Kier molecular flexibility index (Phi) is 6.47. The van der Waals surface area contributed by atoms with Gasteiger partial charge in [-0.2, -0.15) is 12.6 Å². The number of halogens is 1. The van der Waals surface area contributed by atoms with Crippen LogP contribution in [0.2, 0.25) is 0 Å². The van der Waals surface area contributed by atoms with Crippen molar-refractivity contribution < 1.29 is 0 Å². The van der Waals surface area contributed by atoms with Gasteiger partial charge < -0.3 is 4.90 Å². The van der Waals surface area contributed by atoms with Gasteiger partial charge in [-0.25, -0.2) is 0 Å². The number of benzene rings is 1. The van der Waals surface area contributed by atoms with Crippen molar-refractivity contribution >= 4 is 28.6 Å². The summed E-state index contributed by atoms with van der Waals surface area (Å²) in [5.41, 5.74) is 1.36. The minimum Gasteiger partial charge on any atom is -0.302 e. The summed E-state index contributed by atoms with van der Waals surface area (Å²) in [4.78, 5) is 2.37. The van der Waals surface area contributed by atoms with Crippen molar-refractivity contribution in [3.63, 3.8) is 0 Å². The zero-order valence-electron chi connectivity index (χ0n) is 9.99. The normalized spacial score (nSPS) is 13.1. The summed E-state index contributed by atoms with van der Waals surface area (Å²) in [5.74, 6) is 1.67. The third kappa shape index (κ3) is 4.89. The lowest BCUT2D eigenvalue weighted by Crippen LogP contribution is -2.25. The molecule has 1 nitrogen and oxygen atoms in total. The summed E-state index contributed by atoms with van der Waals surface area (Å²) in [6.07, 6.45) is 1.20. The van der Waals surface area contributed by atoms with Crippen molar-refractivity contribution in [1.82, 2.24) is 4.90 Å². The molecular formula is C13H20BrNS. The summed E-state index contributed by atoms with van der Waals surface area (Å²) < 4.78 is 1.14. The van der Waals surface area contributed by atoms with Crippen LogP contribution in [0.1, 0.15) is 18.9 Å². The van der Waals surface area contributed by atoms with E-state index in [1.54, 1.807) is 0 Å². The van der Waals surface area contributed by atoms with Crippen molar-refractivity contribution in [1.29, 1.82) is 0 Å². The zero-order chi connectivity index (χ0) is 12.0. The van der Waals surface area contributed by atoms with E-state index in [0.29, 0.717) is 5.92 Å². The van der Waals surface area contributed by atoms with Crippen LogP contribution in [-0.4, -0.2) is 24.2 Å². The van der Waals surface area contributed by atoms with Crippen molar-refractivity contribution in [3.8, 4) is 0 Å². The van der Waals surface area contributed by atoms with E-state index in [4.69, 9.17) is 0 Å². The molecule has 1 unspecified atom stereocenters. The lowest BCUT2D eigenvalue weighted by atomic mass is 10.1. The van der Waals surface area contributed by atoms with Gasteiger partial charge >= 0.3 is 0 Å². The smallest absolute Gasteiger partial charge is 0.0230 e. The van der Waals surface area contributed by atoms with Gasteiger partial charge in [-0.05, 0) is 36.4 Å². The van der Waals surface area contributed by atoms with E-state index in [-0.39, 0.29) is 0 Å². The van der Waals surface area contributed by atoms with Crippen LogP contribution in [-0.2, 0) is 6.54 Å². The molecule has 0 saturated heterocycles. The minimum atomic E-state index is 0.698. The van der Waals surface area contributed by atoms with E-state index in [0.717, 1.165) is 23.3 Å². The molecule has 0 bridgehead atoms. The zero-order valence-corrected chi connectivity index (χ0v) is 12.5. The standard InChI is InChI=1S/C13H20BrNS/c1-3-11(10-16)8-15(2)9-12-4-6-13(14)7-5-12/h4-7,11,16H,3,8-10H2,1-2H3. The molecule has 1 rings (SSSR count). The molecule has 0 saturated carbocycles. The molecule has 0 N–H and O–H groups in total. The van der Waals surface area contributed by atoms with Crippen molar-refractivity contribution in [2.24, 2.45) is 5.92 Å². The number of hydrogen-bond acceptors (Lipinski definition) is 2. The summed E-state index contributed by atoms with van der Waals surface area (Å²) >= 11 is 7.83. The Morgan fingerprint density at radius 1 is 1.31 bits per heavy atom. The summed E-state index contributed by atoms with van der Waals surface area (Å²) in [5, 5.41) is 0. The Morgan fingerprint density at radius 3 is 2.44 bits per heavy atom. The predicted molar refractivity (Wildman–Crippen MR) is 78.1 cm³/mol. The van der Waals surface area contributed by atoms with Crippen LogP contribution in [0.15, 0.2) is 28.7 Å². The van der Waals surface area contributed by atoms with Gasteiger partial charge in [0.05, 0.1) is 0 Å². The number of nitrogens with zero attached hydrogens (tertiary/aromatic N) is 1. The van der Waals surface area contributed by atoms with Crippen molar-refractivity contribution in [2.75, 3.05) is 19.3 Å². The van der Waals surface area contributed by atoms with Crippen LogP contribution >= 0.6 is 28.6 Å². The topological polar surface area (TPSA) is 3.24 Å². The Balaban J connectivity index is 2.44. The molecule has 90 valence electrons. The number of thiol groups is 1. The summed E-state index contributed by atoms with van der Waals surface area (Å²) in [7, 11) is 2.17. The second kappa shape index (κ2) is 7.36. The number of rotatable bonds is 6. The van der Waals surface area contributed by atoms with Crippen LogP contribution in [0.3, 0.4) is 0 Å². The highest BCUT2D eigenvalue weighted by molar-refractivity contribution is 9.10. The fraction of sp³-hybridized carbons (Fsp3) is 0.538. The maximum atomic E-state index is 4.38. The molecule has 0 aliphatic rings. The van der Waals surface area contributed by atoms with Gasteiger partial charge in [-0.15, -0.1) is 0 Å². The van der Waals surface area contributed by atoms with Gasteiger partial charge in [0.1, 0.15) is 0 Å². The van der Waals surface area contributed by atoms with E-state index in [1.807, 2.05) is 0 Å². The van der Waals surface area contributed by atoms with Crippen molar-refractivity contribution in [3.05, 3.63) is 34.3 Å². The SMILES string of the molecule is CCC(CS)CN(C)Cc1ccc(Br)cc1. The molecule has 0 spiro atoms. The fourth-order valence-electron chi connectivity index (χ4n) is 1.72. The quantitative estimate of drug-likeness (QED) is 0.782. The largest absolute Gasteiger partial charge is 0.302 e. The molecular weight excluding hydrogens is 282 g/mol. The van der Waals surface area contributed by atoms with Gasteiger partial charge in [0.2, 0.25) is 0 Å². The minimum absolute atomic E-state index is 0.698. The molecule has 1 atom stereocenters. The monoisotopic (exact) mass is 301 g/mol. The first-order chi connectivity index (χ1) is 7.65. The Labute approximate surface area is 113 Å². The van der Waals surface area contributed by atoms with E-state index in [1.165, 1.54) is 12.0 Å². The molecule has 1 aromatic rings. The maximum Gasteiger partial charge on any atom is 0.0230 e. The van der Waals surface area contributed by atoms with Gasteiger partial charge in [0, 0.05) is 17.6 Å². The first-order valence-corrected chi connectivity index (χ1v) is 7.12. The average Bonchev–Trinajstić information content (AvgIpc) is 2.29. The Morgan fingerprint density at radius 2 is 1.94 bits per heavy atom. The highest BCUT2D eigenvalue weighted by Crippen LogP contribution is 2.13. The maximum absolute atomic E-state index is 4.38. The molecule has 0 amide bonds. The first-order valence-electron chi connectivity index (χ1n) is 5.69. The second-order valence-electron chi connectivity index (χ2n) is 4.28. The van der Waals surface area contributed by atoms with Crippen LogP contribution in [0.5, 0.6) is 0 Å². The third-order valence-electron chi connectivity index (χ3n) is 2.77. The van der Waals surface area contributed by atoms with Gasteiger partial charge in [0.15, 0.2) is 0 Å². The van der Waals surface area contributed by atoms with E-state index < -0.39 is 0 Å². The molecule has 0 aliphatic heterocycles. The van der Waals surface area contributed by atoms with Crippen LogP contribution in [0, 0.1) is 5.92 Å². The molecule has 0 heterocycles. The van der Waals surface area contributed by atoms with Crippen LogP contribution in [0.4, 0.5) is 0 Å². The fourth-order valence-corrected chi connectivity index (χ4v) is 2.36. The van der Waals surface area contributed by atoms with E-state index in [2.05, 4.69) is 71.7 Å².